The molecule has 0 saturated heterocycles. The van der Waals surface area contributed by atoms with Crippen LogP contribution in [0.4, 0.5) is 10.7 Å². The zero-order chi connectivity index (χ0) is 23.8. The third kappa shape index (κ3) is 4.69. The molecule has 1 N–H and O–H groups in total. The summed E-state index contributed by atoms with van der Waals surface area (Å²) in [5, 5.41) is 18.7. The first-order valence-electron chi connectivity index (χ1n) is 10.7. The molecule has 10 heteroatoms. The summed E-state index contributed by atoms with van der Waals surface area (Å²) in [6.45, 7) is 11.6. The van der Waals surface area contributed by atoms with Crippen LogP contribution in [0.2, 0.25) is 0 Å². The Hall–Kier alpha value is -2.75. The third-order valence-corrected chi connectivity index (χ3v) is 7.21. The van der Waals surface area contributed by atoms with E-state index in [0.29, 0.717) is 22.2 Å². The lowest BCUT2D eigenvalue weighted by atomic mass is 9.72. The Kier molecular flexibility index (Phi) is 6.73. The van der Waals surface area contributed by atoms with Crippen molar-refractivity contribution in [2.24, 2.45) is 11.3 Å². The van der Waals surface area contributed by atoms with Crippen molar-refractivity contribution in [2.45, 2.75) is 67.3 Å². The van der Waals surface area contributed by atoms with E-state index in [1.165, 1.54) is 22.9 Å². The predicted molar refractivity (Wildman–Crippen MR) is 122 cm³/mol. The normalized spacial score (nSPS) is 15.9. The average Bonchev–Trinajstić information content (AvgIpc) is 3.16. The van der Waals surface area contributed by atoms with E-state index in [0.717, 1.165) is 29.7 Å². The van der Waals surface area contributed by atoms with Gasteiger partial charge in [-0.25, -0.2) is 4.79 Å². The van der Waals surface area contributed by atoms with Gasteiger partial charge in [0.2, 0.25) is 5.91 Å². The minimum absolute atomic E-state index is 0.0928. The molecule has 2 aromatic heterocycles. The minimum Gasteiger partial charge on any atom is -0.462 e. The lowest BCUT2D eigenvalue weighted by Gasteiger charge is -2.33. The molecular weight excluding hydrogens is 432 g/mol. The van der Waals surface area contributed by atoms with Crippen LogP contribution in [0.5, 0.6) is 0 Å². The number of hydrogen-bond acceptors (Lipinski definition) is 7. The molecule has 1 amide bonds. The molecule has 1 atom stereocenters. The first-order valence-corrected chi connectivity index (χ1v) is 11.6. The molecule has 0 saturated carbocycles. The summed E-state index contributed by atoms with van der Waals surface area (Å²) >= 11 is 1.42. The number of ether oxygens (including phenoxy) is 1. The van der Waals surface area contributed by atoms with E-state index in [1.54, 1.807) is 13.8 Å². The van der Waals surface area contributed by atoms with E-state index >= 15 is 0 Å². The number of anilines is 1. The number of nitrogens with zero attached hydrogens (tertiary/aromatic N) is 3. The summed E-state index contributed by atoms with van der Waals surface area (Å²) in [6.07, 6.45) is 2.60. The maximum atomic E-state index is 12.8. The second-order valence-electron chi connectivity index (χ2n) is 9.22. The van der Waals surface area contributed by atoms with Crippen molar-refractivity contribution in [3.63, 3.8) is 0 Å². The maximum Gasteiger partial charge on any atom is 0.341 e. The number of aromatic nitrogens is 2. The monoisotopic (exact) mass is 462 g/mol. The topological polar surface area (TPSA) is 116 Å². The van der Waals surface area contributed by atoms with Gasteiger partial charge in [-0.2, -0.15) is 5.10 Å². The molecule has 0 unspecified atom stereocenters. The van der Waals surface area contributed by atoms with Crippen molar-refractivity contribution in [3.8, 4) is 0 Å². The summed E-state index contributed by atoms with van der Waals surface area (Å²) in [5.41, 5.74) is 2.03. The molecule has 0 bridgehead atoms. The van der Waals surface area contributed by atoms with Gasteiger partial charge in [-0.05, 0) is 56.9 Å². The smallest absolute Gasteiger partial charge is 0.341 e. The van der Waals surface area contributed by atoms with Crippen molar-refractivity contribution in [1.82, 2.24) is 9.78 Å². The van der Waals surface area contributed by atoms with Crippen molar-refractivity contribution in [3.05, 3.63) is 37.5 Å². The van der Waals surface area contributed by atoms with Crippen LogP contribution in [0, 0.1) is 35.3 Å². The van der Waals surface area contributed by atoms with Crippen molar-refractivity contribution >= 4 is 33.9 Å². The summed E-state index contributed by atoms with van der Waals surface area (Å²) in [4.78, 5) is 37.4. The van der Waals surface area contributed by atoms with Gasteiger partial charge < -0.3 is 10.1 Å². The van der Waals surface area contributed by atoms with E-state index in [2.05, 4.69) is 31.2 Å². The number of amides is 1. The number of esters is 1. The second kappa shape index (κ2) is 9.01. The molecule has 0 radical (unpaired) electrons. The summed E-state index contributed by atoms with van der Waals surface area (Å²) < 4.78 is 6.59. The number of aryl methyl sites for hydroxylation is 1. The molecule has 2 aromatic rings. The van der Waals surface area contributed by atoms with Gasteiger partial charge >= 0.3 is 11.7 Å². The second-order valence-corrected chi connectivity index (χ2v) is 10.3. The molecule has 0 fully saturated rings. The highest BCUT2D eigenvalue weighted by Crippen LogP contribution is 2.44. The van der Waals surface area contributed by atoms with Crippen molar-refractivity contribution in [1.29, 1.82) is 0 Å². The van der Waals surface area contributed by atoms with Crippen LogP contribution >= 0.6 is 11.3 Å². The third-order valence-electron chi connectivity index (χ3n) is 6.04. The molecule has 0 aliphatic heterocycles. The number of nitro groups is 1. The Labute approximate surface area is 191 Å². The van der Waals surface area contributed by atoms with E-state index in [1.807, 2.05) is 0 Å². The first kappa shape index (κ1) is 23.9. The van der Waals surface area contributed by atoms with Crippen LogP contribution in [0.15, 0.2) is 0 Å². The van der Waals surface area contributed by atoms with Gasteiger partial charge in [-0.15, -0.1) is 11.3 Å². The highest BCUT2D eigenvalue weighted by atomic mass is 32.1. The Bertz CT molecular complexity index is 1060. The van der Waals surface area contributed by atoms with Crippen LogP contribution in [0.1, 0.15) is 66.3 Å². The number of carbonyl (C=O) groups excluding carboxylic acids is 2. The number of fused-ring (bicyclic) bond motifs is 1. The lowest BCUT2D eigenvalue weighted by Crippen LogP contribution is -2.26. The number of hydrogen-bond donors (Lipinski definition) is 1. The molecule has 2 heterocycles. The van der Waals surface area contributed by atoms with Crippen LogP contribution in [0.3, 0.4) is 0 Å². The largest absolute Gasteiger partial charge is 0.462 e. The minimum atomic E-state index is -0.496. The fourth-order valence-corrected chi connectivity index (χ4v) is 5.57. The highest BCUT2D eigenvalue weighted by Gasteiger charge is 2.34. The van der Waals surface area contributed by atoms with Gasteiger partial charge in [0.25, 0.3) is 0 Å². The highest BCUT2D eigenvalue weighted by molar-refractivity contribution is 7.17. The zero-order valence-corrected chi connectivity index (χ0v) is 20.2. The van der Waals surface area contributed by atoms with Gasteiger partial charge in [-0.3, -0.25) is 19.6 Å². The molecule has 1 aliphatic rings. The molecule has 9 nitrogen and oxygen atoms in total. The molecule has 32 heavy (non-hydrogen) atoms. The van der Waals surface area contributed by atoms with E-state index in [9.17, 15) is 19.7 Å². The Morgan fingerprint density at radius 2 is 2.03 bits per heavy atom. The number of carbonyl (C=O) groups is 2. The van der Waals surface area contributed by atoms with Crippen LogP contribution < -0.4 is 5.32 Å². The van der Waals surface area contributed by atoms with Gasteiger partial charge in [0.15, 0.2) is 0 Å². The summed E-state index contributed by atoms with van der Waals surface area (Å²) in [6, 6.07) is 0. The fourth-order valence-electron chi connectivity index (χ4n) is 4.24. The van der Waals surface area contributed by atoms with Crippen molar-refractivity contribution < 1.29 is 19.2 Å². The Morgan fingerprint density at radius 1 is 1.34 bits per heavy atom. The van der Waals surface area contributed by atoms with Gasteiger partial charge in [0.1, 0.15) is 22.9 Å². The molecule has 0 aromatic carbocycles. The maximum absolute atomic E-state index is 12.8. The summed E-state index contributed by atoms with van der Waals surface area (Å²) in [5.74, 6) is -0.347. The standard InChI is InChI=1S/C22H30N4O5S/c1-7-31-21(28)18-15-9-8-14(22(4,5)6)10-16(15)32-20(18)23-17(27)11-25-13(3)19(26(29)30)12(2)24-25/h14H,7-11H2,1-6H3,(H,23,27)/t14-/m0/s1. The van der Waals surface area contributed by atoms with Crippen LogP contribution in [0.25, 0.3) is 0 Å². The van der Waals surface area contributed by atoms with E-state index in [4.69, 9.17) is 4.74 Å². The van der Waals surface area contributed by atoms with Crippen LogP contribution in [-0.2, 0) is 28.9 Å². The van der Waals surface area contributed by atoms with E-state index < -0.39 is 16.8 Å². The fraction of sp³-hybridized carbons (Fsp3) is 0.591. The summed E-state index contributed by atoms with van der Waals surface area (Å²) in [7, 11) is 0. The van der Waals surface area contributed by atoms with E-state index in [-0.39, 0.29) is 29.9 Å². The molecule has 0 spiro atoms. The zero-order valence-electron chi connectivity index (χ0n) is 19.4. The molecule has 1 aliphatic carbocycles. The molecule has 174 valence electrons. The van der Waals surface area contributed by atoms with Crippen LogP contribution in [-0.4, -0.2) is 33.2 Å². The Balaban J connectivity index is 1.88. The van der Waals surface area contributed by atoms with Gasteiger partial charge in [-0.1, -0.05) is 20.8 Å². The quantitative estimate of drug-likeness (QED) is 0.385. The number of rotatable bonds is 6. The van der Waals surface area contributed by atoms with Gasteiger partial charge in [0.05, 0.1) is 17.1 Å². The Morgan fingerprint density at radius 3 is 2.59 bits per heavy atom. The molecule has 3 rings (SSSR count). The predicted octanol–water partition coefficient (Wildman–Crippen LogP) is 4.44. The van der Waals surface area contributed by atoms with Crippen molar-refractivity contribution in [2.75, 3.05) is 11.9 Å². The molecular formula is C22H30N4O5S. The SMILES string of the molecule is CCOC(=O)c1c(NC(=O)Cn2nc(C)c([N+](=O)[O-])c2C)sc2c1CC[C@H](C(C)(C)C)C2. The number of thiophene rings is 1. The van der Waals surface area contributed by atoms with Gasteiger partial charge in [0, 0.05) is 4.88 Å². The lowest BCUT2D eigenvalue weighted by molar-refractivity contribution is -0.386. The first-order chi connectivity index (χ1) is 14.9. The average molecular weight is 463 g/mol. The number of nitrogens with one attached hydrogen (secondary N) is 1.